The van der Waals surface area contributed by atoms with Crippen LogP contribution in [0.15, 0.2) is 29.2 Å². The summed E-state index contributed by atoms with van der Waals surface area (Å²) in [7, 11) is -0.327. The molecule has 0 radical (unpaired) electrons. The van der Waals surface area contributed by atoms with E-state index in [2.05, 4.69) is 10.0 Å². The molecular formula is C13H22N2O4S. The number of anilines is 1. The first-order valence-corrected chi connectivity index (χ1v) is 7.79. The molecule has 2 N–H and O–H groups in total. The third-order valence-corrected chi connectivity index (χ3v) is 4.23. The van der Waals surface area contributed by atoms with Gasteiger partial charge in [0, 0.05) is 25.9 Å². The molecule has 1 aromatic rings. The number of ether oxygens (including phenoxy) is 2. The molecule has 0 amide bonds. The highest BCUT2D eigenvalue weighted by Crippen LogP contribution is 2.14. The van der Waals surface area contributed by atoms with Crippen molar-refractivity contribution in [1.82, 2.24) is 4.72 Å². The van der Waals surface area contributed by atoms with Crippen LogP contribution in [0.1, 0.15) is 13.8 Å². The Kier molecular flexibility index (Phi) is 6.41. The minimum atomic E-state index is -3.44. The fourth-order valence-electron chi connectivity index (χ4n) is 1.59. The highest BCUT2D eigenvalue weighted by Gasteiger charge is 2.14. The van der Waals surface area contributed by atoms with Gasteiger partial charge in [0.25, 0.3) is 0 Å². The Morgan fingerprint density at radius 3 is 2.10 bits per heavy atom. The first kappa shape index (κ1) is 16.9. The average Bonchev–Trinajstić information content (AvgIpc) is 2.39. The second-order valence-electron chi connectivity index (χ2n) is 4.58. The van der Waals surface area contributed by atoms with E-state index < -0.39 is 10.0 Å². The van der Waals surface area contributed by atoms with Gasteiger partial charge in [-0.2, -0.15) is 0 Å². The highest BCUT2D eigenvalue weighted by atomic mass is 32.2. The fraction of sp³-hybridized carbons (Fsp3) is 0.538. The van der Waals surface area contributed by atoms with E-state index in [1.54, 1.807) is 52.3 Å². The Bertz CT molecular complexity index is 496. The van der Waals surface area contributed by atoms with Gasteiger partial charge in [-0.15, -0.1) is 0 Å². The minimum Gasteiger partial charge on any atom is -0.380 e. The summed E-state index contributed by atoms with van der Waals surface area (Å²) in [4.78, 5) is 0.242. The van der Waals surface area contributed by atoms with Crippen LogP contribution in [0.3, 0.4) is 0 Å². The van der Waals surface area contributed by atoms with Crippen molar-refractivity contribution < 1.29 is 17.9 Å². The Labute approximate surface area is 120 Å². The van der Waals surface area contributed by atoms with Crippen molar-refractivity contribution in [3.63, 3.8) is 0 Å². The van der Waals surface area contributed by atoms with Crippen molar-refractivity contribution in [2.75, 3.05) is 26.1 Å². The van der Waals surface area contributed by atoms with Crippen LogP contribution >= 0.6 is 0 Å². The molecule has 0 aliphatic carbocycles. The summed E-state index contributed by atoms with van der Waals surface area (Å²) in [5, 5.41) is 3.10. The normalized spacial score (nSPS) is 12.1. The lowest BCUT2D eigenvalue weighted by molar-refractivity contribution is -0.0914. The van der Waals surface area contributed by atoms with Crippen molar-refractivity contribution >= 4 is 15.7 Å². The molecule has 20 heavy (non-hydrogen) atoms. The monoisotopic (exact) mass is 302 g/mol. The van der Waals surface area contributed by atoms with E-state index in [1.807, 2.05) is 0 Å². The van der Waals surface area contributed by atoms with Crippen LogP contribution in [0.25, 0.3) is 0 Å². The first-order chi connectivity index (χ1) is 9.39. The minimum absolute atomic E-state index is 0.137. The largest absolute Gasteiger partial charge is 0.380 e. The van der Waals surface area contributed by atoms with E-state index in [9.17, 15) is 8.42 Å². The molecule has 114 valence electrons. The quantitative estimate of drug-likeness (QED) is 0.710. The number of rotatable bonds is 8. The molecule has 0 bridgehead atoms. The molecule has 0 saturated carbocycles. The maximum absolute atomic E-state index is 11.9. The van der Waals surface area contributed by atoms with Gasteiger partial charge in [-0.25, -0.2) is 13.1 Å². The van der Waals surface area contributed by atoms with Gasteiger partial charge in [-0.3, -0.25) is 0 Å². The predicted octanol–water partition coefficient (Wildman–Crippen LogP) is 1.40. The van der Waals surface area contributed by atoms with Crippen molar-refractivity contribution in [3.05, 3.63) is 24.3 Å². The highest BCUT2D eigenvalue weighted by molar-refractivity contribution is 7.89. The summed E-state index contributed by atoms with van der Waals surface area (Å²) in [5.41, 5.74) is 0.799. The number of nitrogens with one attached hydrogen (secondary N) is 2. The maximum Gasteiger partial charge on any atom is 0.240 e. The van der Waals surface area contributed by atoms with Gasteiger partial charge >= 0.3 is 0 Å². The van der Waals surface area contributed by atoms with Gasteiger partial charge in [0.2, 0.25) is 10.0 Å². The number of hydrogen-bond acceptors (Lipinski definition) is 5. The molecule has 0 aliphatic rings. The lowest BCUT2D eigenvalue weighted by Crippen LogP contribution is -2.30. The average molecular weight is 302 g/mol. The molecule has 7 heteroatoms. The Morgan fingerprint density at radius 1 is 1.10 bits per heavy atom. The summed E-state index contributed by atoms with van der Waals surface area (Å²) in [6, 6.07) is 6.39. The number of benzene rings is 1. The van der Waals surface area contributed by atoms with Crippen LogP contribution in [0, 0.1) is 0 Å². The van der Waals surface area contributed by atoms with E-state index in [4.69, 9.17) is 9.47 Å². The molecule has 0 unspecified atom stereocenters. The lowest BCUT2D eigenvalue weighted by Gasteiger charge is -2.15. The van der Waals surface area contributed by atoms with Crippen molar-refractivity contribution in [2.45, 2.75) is 31.1 Å². The molecule has 0 heterocycles. The predicted molar refractivity (Wildman–Crippen MR) is 78.2 cm³/mol. The van der Waals surface area contributed by atoms with E-state index in [0.717, 1.165) is 5.69 Å². The molecule has 0 aliphatic heterocycles. The van der Waals surface area contributed by atoms with Crippen molar-refractivity contribution in [3.8, 4) is 0 Å². The second-order valence-corrected chi connectivity index (χ2v) is 6.30. The number of sulfonamides is 1. The third-order valence-electron chi connectivity index (χ3n) is 2.55. The maximum atomic E-state index is 11.9. The number of methoxy groups -OCH3 is 2. The molecular weight excluding hydrogens is 280 g/mol. The van der Waals surface area contributed by atoms with Gasteiger partial charge in [-0.1, -0.05) is 0 Å². The fourth-order valence-corrected chi connectivity index (χ4v) is 2.85. The van der Waals surface area contributed by atoms with E-state index in [0.29, 0.717) is 6.54 Å². The summed E-state index contributed by atoms with van der Waals surface area (Å²) >= 11 is 0. The molecule has 0 atom stereocenters. The van der Waals surface area contributed by atoms with Gasteiger partial charge in [0.15, 0.2) is 6.29 Å². The summed E-state index contributed by atoms with van der Waals surface area (Å²) in [6.07, 6.45) is -0.346. The van der Waals surface area contributed by atoms with Crippen molar-refractivity contribution in [1.29, 1.82) is 0 Å². The van der Waals surface area contributed by atoms with Crippen LogP contribution in [0.4, 0.5) is 5.69 Å². The van der Waals surface area contributed by atoms with Crippen LogP contribution < -0.4 is 10.0 Å². The van der Waals surface area contributed by atoms with Crippen molar-refractivity contribution in [2.24, 2.45) is 0 Å². The van der Waals surface area contributed by atoms with Crippen LogP contribution in [0.5, 0.6) is 0 Å². The van der Waals surface area contributed by atoms with Gasteiger partial charge < -0.3 is 14.8 Å². The van der Waals surface area contributed by atoms with Crippen LogP contribution in [-0.2, 0) is 19.5 Å². The smallest absolute Gasteiger partial charge is 0.240 e. The first-order valence-electron chi connectivity index (χ1n) is 6.31. The Balaban J connectivity index is 2.69. The van der Waals surface area contributed by atoms with E-state index >= 15 is 0 Å². The Morgan fingerprint density at radius 2 is 1.65 bits per heavy atom. The Hall–Kier alpha value is -1.15. The zero-order valence-electron chi connectivity index (χ0n) is 12.2. The standard InChI is InChI=1S/C13H22N2O4S/c1-10(2)15-20(16,17)12-7-5-11(6-8-12)14-9-13(18-3)19-4/h5-8,10,13-15H,9H2,1-4H3. The van der Waals surface area contributed by atoms with Gasteiger partial charge in [0.05, 0.1) is 11.4 Å². The second kappa shape index (κ2) is 7.58. The topological polar surface area (TPSA) is 76.7 Å². The summed E-state index contributed by atoms with van der Waals surface area (Å²) < 4.78 is 36.5. The lowest BCUT2D eigenvalue weighted by atomic mass is 10.3. The number of hydrogen-bond donors (Lipinski definition) is 2. The zero-order chi connectivity index (χ0) is 15.2. The van der Waals surface area contributed by atoms with Crippen LogP contribution in [-0.4, -0.2) is 41.5 Å². The van der Waals surface area contributed by atoms with Gasteiger partial charge in [-0.05, 0) is 38.1 Å². The summed E-state index contributed by atoms with van der Waals surface area (Å²) in [6.45, 7) is 4.04. The van der Waals surface area contributed by atoms with Gasteiger partial charge in [0.1, 0.15) is 0 Å². The molecule has 0 spiro atoms. The summed E-state index contributed by atoms with van der Waals surface area (Å²) in [5.74, 6) is 0. The van der Waals surface area contributed by atoms with E-state index in [-0.39, 0.29) is 17.2 Å². The van der Waals surface area contributed by atoms with E-state index in [1.165, 1.54) is 0 Å². The molecule has 0 aromatic heterocycles. The SMILES string of the molecule is COC(CNc1ccc(S(=O)(=O)NC(C)C)cc1)OC. The molecule has 1 aromatic carbocycles. The van der Waals surface area contributed by atoms with Crippen LogP contribution in [0.2, 0.25) is 0 Å². The molecule has 0 fully saturated rings. The molecule has 1 rings (SSSR count). The zero-order valence-corrected chi connectivity index (χ0v) is 13.0. The molecule has 0 saturated heterocycles. The third kappa shape index (κ3) is 5.09. The molecule has 6 nitrogen and oxygen atoms in total.